The number of para-hydroxylation sites is 2. The summed E-state index contributed by atoms with van der Waals surface area (Å²) < 4.78 is 10.9. The predicted molar refractivity (Wildman–Crippen MR) is 72.6 cm³/mol. The largest absolute Gasteiger partial charge is 0.493 e. The third kappa shape index (κ3) is 3.23. The highest BCUT2D eigenvalue weighted by Crippen LogP contribution is 2.30. The normalized spacial score (nSPS) is 11.9. The molecular formula is C15H17NO3. The highest BCUT2D eigenvalue weighted by molar-refractivity contribution is 5.42. The molecular weight excluding hydrogens is 242 g/mol. The number of hydrogen-bond acceptors (Lipinski definition) is 4. The maximum absolute atomic E-state index is 9.67. The van der Waals surface area contributed by atoms with E-state index < -0.39 is 6.10 Å². The molecule has 0 aliphatic carbocycles. The number of hydrogen-bond donors (Lipinski definition) is 1. The number of nitrogens with zero attached hydrogens (tertiary/aromatic N) is 1. The molecule has 1 atom stereocenters. The van der Waals surface area contributed by atoms with E-state index in [9.17, 15) is 5.11 Å². The zero-order valence-corrected chi connectivity index (χ0v) is 11.0. The Labute approximate surface area is 112 Å². The van der Waals surface area contributed by atoms with Crippen molar-refractivity contribution in [2.45, 2.75) is 19.4 Å². The Bertz CT molecular complexity index is 525. The van der Waals surface area contributed by atoms with E-state index in [1.165, 1.54) is 0 Å². The van der Waals surface area contributed by atoms with Crippen LogP contribution in [0.4, 0.5) is 0 Å². The van der Waals surface area contributed by atoms with E-state index in [2.05, 4.69) is 4.98 Å². The van der Waals surface area contributed by atoms with Gasteiger partial charge >= 0.3 is 0 Å². The zero-order valence-electron chi connectivity index (χ0n) is 11.0. The Morgan fingerprint density at radius 1 is 1.16 bits per heavy atom. The molecule has 0 aliphatic heterocycles. The Morgan fingerprint density at radius 3 is 2.47 bits per heavy atom. The second-order valence-corrected chi connectivity index (χ2v) is 4.10. The van der Waals surface area contributed by atoms with Crippen molar-refractivity contribution in [2.24, 2.45) is 0 Å². The maximum Gasteiger partial charge on any atom is 0.169 e. The van der Waals surface area contributed by atoms with Gasteiger partial charge in [-0.2, -0.15) is 0 Å². The van der Waals surface area contributed by atoms with Crippen molar-refractivity contribution in [3.63, 3.8) is 0 Å². The lowest BCUT2D eigenvalue weighted by Gasteiger charge is -2.11. The second kappa shape index (κ2) is 6.20. The molecule has 0 amide bonds. The van der Waals surface area contributed by atoms with Crippen molar-refractivity contribution >= 4 is 0 Å². The number of aliphatic hydroxyl groups is 1. The lowest BCUT2D eigenvalue weighted by molar-refractivity contribution is 0.169. The lowest BCUT2D eigenvalue weighted by atomic mass is 10.2. The van der Waals surface area contributed by atoms with Gasteiger partial charge in [-0.1, -0.05) is 19.1 Å². The van der Waals surface area contributed by atoms with E-state index in [-0.39, 0.29) is 0 Å². The summed E-state index contributed by atoms with van der Waals surface area (Å²) in [6.45, 7) is 1.91. The number of ether oxygens (including phenoxy) is 2. The van der Waals surface area contributed by atoms with Crippen molar-refractivity contribution in [1.29, 1.82) is 0 Å². The van der Waals surface area contributed by atoms with Crippen LogP contribution in [-0.2, 0) is 0 Å². The number of rotatable bonds is 5. The van der Waals surface area contributed by atoms with Crippen LogP contribution in [0.15, 0.2) is 42.6 Å². The van der Waals surface area contributed by atoms with Crippen LogP contribution in [0, 0.1) is 0 Å². The number of pyridine rings is 1. The van der Waals surface area contributed by atoms with Gasteiger partial charge in [-0.15, -0.1) is 0 Å². The molecule has 4 nitrogen and oxygen atoms in total. The number of aromatic nitrogens is 1. The van der Waals surface area contributed by atoms with Gasteiger partial charge in [0.1, 0.15) is 5.75 Å². The molecule has 2 rings (SSSR count). The Kier molecular flexibility index (Phi) is 4.36. The Hall–Kier alpha value is -2.07. The zero-order chi connectivity index (χ0) is 13.7. The fraction of sp³-hybridized carbons (Fsp3) is 0.267. The molecule has 0 fully saturated rings. The molecule has 1 aromatic carbocycles. The first-order valence-electron chi connectivity index (χ1n) is 6.19. The molecule has 4 heteroatoms. The van der Waals surface area contributed by atoms with E-state index in [1.807, 2.05) is 31.2 Å². The fourth-order valence-electron chi connectivity index (χ4n) is 1.69. The molecule has 0 saturated carbocycles. The second-order valence-electron chi connectivity index (χ2n) is 4.10. The topological polar surface area (TPSA) is 51.6 Å². The molecule has 0 spiro atoms. The van der Waals surface area contributed by atoms with Crippen molar-refractivity contribution in [3.05, 3.63) is 48.3 Å². The third-order valence-corrected chi connectivity index (χ3v) is 2.78. The van der Waals surface area contributed by atoms with Crippen molar-refractivity contribution < 1.29 is 14.6 Å². The van der Waals surface area contributed by atoms with Gasteiger partial charge in [0.05, 0.1) is 25.1 Å². The van der Waals surface area contributed by atoms with Gasteiger partial charge in [0.25, 0.3) is 0 Å². The van der Waals surface area contributed by atoms with Crippen molar-refractivity contribution in [1.82, 2.24) is 4.98 Å². The van der Waals surface area contributed by atoms with Gasteiger partial charge in [0, 0.05) is 0 Å². The van der Waals surface area contributed by atoms with Crippen molar-refractivity contribution in [2.75, 3.05) is 7.11 Å². The highest BCUT2D eigenvalue weighted by Gasteiger charge is 2.08. The molecule has 19 heavy (non-hydrogen) atoms. The first kappa shape index (κ1) is 13.4. The lowest BCUT2D eigenvalue weighted by Crippen LogP contribution is -1.98. The van der Waals surface area contributed by atoms with Gasteiger partial charge in [-0.3, -0.25) is 4.98 Å². The smallest absolute Gasteiger partial charge is 0.169 e. The molecule has 0 bridgehead atoms. The molecule has 2 aromatic rings. The monoisotopic (exact) mass is 259 g/mol. The predicted octanol–water partition coefficient (Wildman–Crippen LogP) is 3.33. The van der Waals surface area contributed by atoms with Crippen LogP contribution in [0.2, 0.25) is 0 Å². The quantitative estimate of drug-likeness (QED) is 0.894. The first-order chi connectivity index (χ1) is 9.24. The molecule has 0 saturated heterocycles. The summed E-state index contributed by atoms with van der Waals surface area (Å²) in [4.78, 5) is 4.19. The highest BCUT2D eigenvalue weighted by atomic mass is 16.5. The van der Waals surface area contributed by atoms with E-state index in [0.717, 1.165) is 0 Å². The molecule has 1 aromatic heterocycles. The molecule has 1 heterocycles. The van der Waals surface area contributed by atoms with Crippen molar-refractivity contribution in [3.8, 4) is 17.2 Å². The van der Waals surface area contributed by atoms with E-state index in [0.29, 0.717) is 29.4 Å². The summed E-state index contributed by atoms with van der Waals surface area (Å²) in [6.07, 6.45) is 1.71. The summed E-state index contributed by atoms with van der Waals surface area (Å²) in [5.74, 6) is 1.91. The van der Waals surface area contributed by atoms with E-state index >= 15 is 0 Å². The molecule has 0 radical (unpaired) electrons. The number of methoxy groups -OCH3 is 1. The minimum atomic E-state index is -0.527. The average Bonchev–Trinajstić information content (AvgIpc) is 2.48. The third-order valence-electron chi connectivity index (χ3n) is 2.78. The molecule has 1 N–H and O–H groups in total. The fourth-order valence-corrected chi connectivity index (χ4v) is 1.69. The van der Waals surface area contributed by atoms with Crippen LogP contribution in [0.1, 0.15) is 25.1 Å². The standard InChI is InChI=1S/C15H17NO3/c1-3-13(17)12-9-8-11(10-16-12)19-15-7-5-4-6-14(15)18-2/h4-10,13,17H,3H2,1-2H3/t13-/m0/s1. The van der Waals surface area contributed by atoms with Gasteiger partial charge in [-0.05, 0) is 30.7 Å². The summed E-state index contributed by atoms with van der Waals surface area (Å²) in [6, 6.07) is 11.0. The van der Waals surface area contributed by atoms with Crippen LogP contribution in [0.3, 0.4) is 0 Å². The maximum atomic E-state index is 9.67. The number of aliphatic hydroxyl groups excluding tert-OH is 1. The van der Waals surface area contributed by atoms with Crippen LogP contribution in [-0.4, -0.2) is 17.2 Å². The minimum Gasteiger partial charge on any atom is -0.493 e. The average molecular weight is 259 g/mol. The van der Waals surface area contributed by atoms with Crippen LogP contribution < -0.4 is 9.47 Å². The summed E-state index contributed by atoms with van der Waals surface area (Å²) in [5.41, 5.74) is 0.648. The van der Waals surface area contributed by atoms with E-state index in [4.69, 9.17) is 9.47 Å². The Balaban J connectivity index is 2.15. The van der Waals surface area contributed by atoms with Crippen LogP contribution >= 0.6 is 0 Å². The minimum absolute atomic E-state index is 0.527. The molecule has 0 unspecified atom stereocenters. The van der Waals surface area contributed by atoms with Gasteiger partial charge in [0.2, 0.25) is 0 Å². The molecule has 0 aliphatic rings. The van der Waals surface area contributed by atoms with Gasteiger partial charge in [0.15, 0.2) is 11.5 Å². The van der Waals surface area contributed by atoms with Gasteiger partial charge in [-0.25, -0.2) is 0 Å². The summed E-state index contributed by atoms with van der Waals surface area (Å²) in [7, 11) is 1.60. The van der Waals surface area contributed by atoms with Gasteiger partial charge < -0.3 is 14.6 Å². The molecule has 100 valence electrons. The summed E-state index contributed by atoms with van der Waals surface area (Å²) >= 11 is 0. The SMILES string of the molecule is CC[C@H](O)c1ccc(Oc2ccccc2OC)cn1. The summed E-state index contributed by atoms with van der Waals surface area (Å²) in [5, 5.41) is 9.67. The van der Waals surface area contributed by atoms with Crippen LogP contribution in [0.5, 0.6) is 17.2 Å². The number of benzene rings is 1. The first-order valence-corrected chi connectivity index (χ1v) is 6.19. The van der Waals surface area contributed by atoms with E-state index in [1.54, 1.807) is 25.4 Å². The van der Waals surface area contributed by atoms with Crippen LogP contribution in [0.25, 0.3) is 0 Å². The Morgan fingerprint density at radius 2 is 1.89 bits per heavy atom.